The summed E-state index contributed by atoms with van der Waals surface area (Å²) in [6.07, 6.45) is -6.76. The Morgan fingerprint density at radius 1 is 1.61 bits per heavy atom. The third kappa shape index (κ3) is 3.67. The summed E-state index contributed by atoms with van der Waals surface area (Å²) >= 11 is 5.36. The zero-order valence-corrected chi connectivity index (χ0v) is 9.23. The molecule has 0 spiro atoms. The summed E-state index contributed by atoms with van der Waals surface area (Å²) in [6, 6.07) is 0. The summed E-state index contributed by atoms with van der Waals surface area (Å²) < 4.78 is 36.0. The van der Waals surface area contributed by atoms with Crippen LogP contribution < -0.4 is 5.32 Å². The molecule has 2 N–H and O–H groups in total. The van der Waals surface area contributed by atoms with Gasteiger partial charge in [0.05, 0.1) is 11.5 Å². The minimum absolute atomic E-state index is 0.371. The monoisotopic (exact) mass is 286 g/mol. The van der Waals surface area contributed by atoms with E-state index >= 15 is 0 Å². The lowest BCUT2D eigenvalue weighted by Crippen LogP contribution is -2.35. The van der Waals surface area contributed by atoms with E-state index in [2.05, 4.69) is 9.97 Å². The van der Waals surface area contributed by atoms with E-state index in [9.17, 15) is 23.3 Å². The number of nitro groups is 1. The molecule has 0 saturated carbocycles. The molecule has 1 atom stereocenters. The Bertz CT molecular complexity index is 456. The Hall–Kier alpha value is -1.68. The van der Waals surface area contributed by atoms with Crippen LogP contribution in [0.1, 0.15) is 0 Å². The van der Waals surface area contributed by atoms with Crippen molar-refractivity contribution in [3.8, 4) is 0 Å². The van der Waals surface area contributed by atoms with E-state index in [0.717, 1.165) is 6.20 Å². The highest BCUT2D eigenvalue weighted by Crippen LogP contribution is 2.24. The van der Waals surface area contributed by atoms with Crippen molar-refractivity contribution < 1.29 is 23.2 Å². The summed E-state index contributed by atoms with van der Waals surface area (Å²) in [5, 5.41) is 20.9. The quantitative estimate of drug-likeness (QED) is 0.492. The number of aliphatic hydroxyl groups is 1. The van der Waals surface area contributed by atoms with E-state index in [1.807, 2.05) is 5.32 Å². The Morgan fingerprint density at radius 2 is 2.22 bits per heavy atom. The maximum absolute atomic E-state index is 12.0. The Labute approximate surface area is 103 Å². The summed E-state index contributed by atoms with van der Waals surface area (Å²) in [5.74, 6) is -0.497. The average Bonchev–Trinajstić information content (AvgIpc) is 2.24. The van der Waals surface area contributed by atoms with Crippen LogP contribution in [0.5, 0.6) is 0 Å². The minimum Gasteiger partial charge on any atom is -0.382 e. The standard InChI is InChI=1S/C7H6ClF3N4O3/c8-6-13-1-3(15(17)18)5(14-6)12-2-4(16)7(9,10)11/h1,4,16H,2H2,(H,12,13,14). The van der Waals surface area contributed by atoms with E-state index in [4.69, 9.17) is 16.7 Å². The van der Waals surface area contributed by atoms with Gasteiger partial charge < -0.3 is 10.4 Å². The number of anilines is 1. The van der Waals surface area contributed by atoms with Gasteiger partial charge in [-0.05, 0) is 11.6 Å². The number of hydrogen-bond acceptors (Lipinski definition) is 6. The number of rotatable bonds is 4. The minimum atomic E-state index is -4.83. The fourth-order valence-electron chi connectivity index (χ4n) is 0.927. The number of aliphatic hydroxyl groups excluding tert-OH is 1. The van der Waals surface area contributed by atoms with Crippen molar-refractivity contribution in [1.82, 2.24) is 9.97 Å². The van der Waals surface area contributed by atoms with Gasteiger partial charge >= 0.3 is 11.9 Å². The largest absolute Gasteiger partial charge is 0.416 e. The van der Waals surface area contributed by atoms with E-state index in [1.54, 1.807) is 0 Å². The molecular weight excluding hydrogens is 281 g/mol. The van der Waals surface area contributed by atoms with Gasteiger partial charge in [-0.2, -0.15) is 18.2 Å². The summed E-state index contributed by atoms with van der Waals surface area (Å²) in [5.41, 5.74) is -0.645. The first-order valence-corrected chi connectivity index (χ1v) is 4.75. The molecule has 1 heterocycles. The lowest BCUT2D eigenvalue weighted by Gasteiger charge is -2.15. The molecule has 0 bridgehead atoms. The second kappa shape index (κ2) is 5.31. The van der Waals surface area contributed by atoms with Crippen molar-refractivity contribution in [3.05, 3.63) is 21.6 Å². The molecule has 11 heteroatoms. The normalized spacial score (nSPS) is 13.2. The van der Waals surface area contributed by atoms with Crippen LogP contribution in [0, 0.1) is 10.1 Å². The highest BCUT2D eigenvalue weighted by molar-refractivity contribution is 6.28. The van der Waals surface area contributed by atoms with Crippen molar-refractivity contribution in [2.45, 2.75) is 12.3 Å². The zero-order valence-electron chi connectivity index (χ0n) is 8.48. The summed E-state index contributed by atoms with van der Waals surface area (Å²) in [7, 11) is 0. The molecule has 1 unspecified atom stereocenters. The molecule has 1 aromatic heterocycles. The van der Waals surface area contributed by atoms with Crippen molar-refractivity contribution >= 4 is 23.1 Å². The van der Waals surface area contributed by atoms with Crippen LogP contribution in [0.2, 0.25) is 5.28 Å². The van der Waals surface area contributed by atoms with Crippen LogP contribution in [0.3, 0.4) is 0 Å². The number of halogens is 4. The van der Waals surface area contributed by atoms with Crippen molar-refractivity contribution in [2.24, 2.45) is 0 Å². The number of aromatic nitrogens is 2. The van der Waals surface area contributed by atoms with E-state index in [0.29, 0.717) is 0 Å². The van der Waals surface area contributed by atoms with Gasteiger partial charge in [0, 0.05) is 0 Å². The molecule has 0 aromatic carbocycles. The summed E-state index contributed by atoms with van der Waals surface area (Å²) in [6.45, 7) is -0.988. The second-order valence-corrected chi connectivity index (χ2v) is 3.41. The maximum atomic E-state index is 12.0. The molecule has 0 fully saturated rings. The molecular formula is C7H6ClF3N4O3. The van der Waals surface area contributed by atoms with E-state index < -0.39 is 35.3 Å². The fourth-order valence-corrected chi connectivity index (χ4v) is 1.06. The van der Waals surface area contributed by atoms with Gasteiger partial charge in [0.15, 0.2) is 6.10 Å². The Morgan fingerprint density at radius 3 is 2.72 bits per heavy atom. The number of nitrogens with one attached hydrogen (secondary N) is 1. The Kier molecular flexibility index (Phi) is 4.24. The first kappa shape index (κ1) is 14.4. The summed E-state index contributed by atoms with van der Waals surface area (Å²) in [4.78, 5) is 16.3. The molecule has 0 aliphatic heterocycles. The second-order valence-electron chi connectivity index (χ2n) is 3.07. The van der Waals surface area contributed by atoms with Crippen molar-refractivity contribution in [3.63, 3.8) is 0 Å². The van der Waals surface area contributed by atoms with Crippen molar-refractivity contribution in [1.29, 1.82) is 0 Å². The number of hydrogen-bond donors (Lipinski definition) is 2. The SMILES string of the molecule is O=[N+]([O-])c1cnc(Cl)nc1NCC(O)C(F)(F)F. The van der Waals surface area contributed by atoms with Crippen LogP contribution in [0.4, 0.5) is 24.7 Å². The molecule has 0 aliphatic carbocycles. The van der Waals surface area contributed by atoms with Crippen molar-refractivity contribution in [2.75, 3.05) is 11.9 Å². The molecule has 0 saturated heterocycles. The molecule has 0 aliphatic rings. The van der Waals surface area contributed by atoms with Crippen LogP contribution in [0.15, 0.2) is 6.20 Å². The fraction of sp³-hybridized carbons (Fsp3) is 0.429. The van der Waals surface area contributed by atoms with Gasteiger partial charge in [0.1, 0.15) is 6.20 Å². The van der Waals surface area contributed by atoms with Crippen LogP contribution in [-0.2, 0) is 0 Å². The molecule has 1 rings (SSSR count). The molecule has 7 nitrogen and oxygen atoms in total. The first-order chi connectivity index (χ1) is 8.21. The number of nitrogens with zero attached hydrogens (tertiary/aromatic N) is 3. The highest BCUT2D eigenvalue weighted by atomic mass is 35.5. The van der Waals surface area contributed by atoms with Crippen LogP contribution in [-0.4, -0.2) is 38.8 Å². The third-order valence-corrected chi connectivity index (χ3v) is 1.96. The predicted molar refractivity (Wildman–Crippen MR) is 54.2 cm³/mol. The molecule has 18 heavy (non-hydrogen) atoms. The lowest BCUT2D eigenvalue weighted by molar-refractivity contribution is -0.384. The first-order valence-electron chi connectivity index (χ1n) is 4.37. The van der Waals surface area contributed by atoms with Gasteiger partial charge in [-0.3, -0.25) is 10.1 Å². The van der Waals surface area contributed by atoms with Gasteiger partial charge in [-0.25, -0.2) is 4.98 Å². The van der Waals surface area contributed by atoms with Gasteiger partial charge in [-0.1, -0.05) is 0 Å². The van der Waals surface area contributed by atoms with Gasteiger partial charge in [0.25, 0.3) is 0 Å². The van der Waals surface area contributed by atoms with Gasteiger partial charge in [0.2, 0.25) is 11.1 Å². The van der Waals surface area contributed by atoms with Crippen LogP contribution >= 0.6 is 11.6 Å². The molecule has 0 amide bonds. The van der Waals surface area contributed by atoms with E-state index in [1.165, 1.54) is 0 Å². The average molecular weight is 287 g/mol. The topological polar surface area (TPSA) is 101 Å². The van der Waals surface area contributed by atoms with Crippen LogP contribution in [0.25, 0.3) is 0 Å². The molecule has 100 valence electrons. The number of alkyl halides is 3. The third-order valence-electron chi connectivity index (χ3n) is 1.78. The smallest absolute Gasteiger partial charge is 0.382 e. The van der Waals surface area contributed by atoms with Gasteiger partial charge in [-0.15, -0.1) is 0 Å². The lowest BCUT2D eigenvalue weighted by atomic mass is 10.3. The molecule has 1 aromatic rings. The Balaban J connectivity index is 2.84. The molecule has 0 radical (unpaired) electrons. The zero-order chi connectivity index (χ0) is 13.9. The van der Waals surface area contributed by atoms with E-state index in [-0.39, 0.29) is 5.28 Å². The maximum Gasteiger partial charge on any atom is 0.416 e. The highest BCUT2D eigenvalue weighted by Gasteiger charge is 2.38. The predicted octanol–water partition coefficient (Wildman–Crippen LogP) is 1.37.